The van der Waals surface area contributed by atoms with Crippen LogP contribution in [0.5, 0.6) is 0 Å². The van der Waals surface area contributed by atoms with E-state index in [1.54, 1.807) is 21.9 Å². The van der Waals surface area contributed by atoms with Crippen molar-refractivity contribution in [2.45, 2.75) is 45.7 Å². The van der Waals surface area contributed by atoms with Gasteiger partial charge in [-0.3, -0.25) is 14.4 Å². The number of carbonyl (C=O) groups excluding carboxylic acids is 3. The van der Waals surface area contributed by atoms with Crippen LogP contribution in [-0.2, 0) is 16.1 Å². The van der Waals surface area contributed by atoms with E-state index >= 15 is 0 Å². The summed E-state index contributed by atoms with van der Waals surface area (Å²) in [6, 6.07) is 15.5. The summed E-state index contributed by atoms with van der Waals surface area (Å²) in [6.07, 6.45) is 2.50. The van der Waals surface area contributed by atoms with E-state index in [0.717, 1.165) is 37.9 Å². The van der Waals surface area contributed by atoms with E-state index in [0.29, 0.717) is 25.2 Å². The van der Waals surface area contributed by atoms with Gasteiger partial charge in [0.1, 0.15) is 12.6 Å². The zero-order valence-corrected chi connectivity index (χ0v) is 20.1. The van der Waals surface area contributed by atoms with Gasteiger partial charge in [-0.15, -0.1) is 0 Å². The van der Waals surface area contributed by atoms with Gasteiger partial charge in [0.2, 0.25) is 11.8 Å². The van der Waals surface area contributed by atoms with Crippen molar-refractivity contribution < 1.29 is 14.4 Å². The first-order valence-corrected chi connectivity index (χ1v) is 12.2. The Labute approximate surface area is 201 Å². The van der Waals surface area contributed by atoms with E-state index in [1.165, 1.54) is 11.3 Å². The molecule has 0 aromatic heterocycles. The number of benzene rings is 2. The molecule has 0 bridgehead atoms. The summed E-state index contributed by atoms with van der Waals surface area (Å²) in [4.78, 5) is 43.3. The van der Waals surface area contributed by atoms with Crippen LogP contribution in [-0.4, -0.2) is 66.3 Å². The van der Waals surface area contributed by atoms with Crippen LogP contribution in [0.2, 0.25) is 0 Å². The van der Waals surface area contributed by atoms with Crippen molar-refractivity contribution in [2.24, 2.45) is 0 Å². The third kappa shape index (κ3) is 5.41. The Morgan fingerprint density at radius 2 is 1.94 bits per heavy atom. The Kier molecular flexibility index (Phi) is 7.50. The molecule has 3 amide bonds. The van der Waals surface area contributed by atoms with Crippen LogP contribution >= 0.6 is 0 Å². The Morgan fingerprint density at radius 1 is 1.15 bits per heavy atom. The standard InChI is InChI=1S/C27H34N4O3/c1-3-29(23-8-4-7-20(2)17-23)15-6-14-28-26(33)22-12-10-21(11-13-22)18-30-19-25(32)31-16-5-9-24(31)27(30)34/h4,7-8,10-13,17,24H,3,5-6,9,14-16,18-19H2,1-2H3,(H,28,33)/t24-/m0/s1. The molecule has 2 aliphatic heterocycles. The average molecular weight is 463 g/mol. The van der Waals surface area contributed by atoms with Crippen LogP contribution in [0.15, 0.2) is 48.5 Å². The first-order chi connectivity index (χ1) is 16.5. The van der Waals surface area contributed by atoms with E-state index in [-0.39, 0.29) is 30.3 Å². The van der Waals surface area contributed by atoms with Crippen LogP contribution in [0.4, 0.5) is 5.69 Å². The predicted molar refractivity (Wildman–Crippen MR) is 133 cm³/mol. The molecular weight excluding hydrogens is 428 g/mol. The number of carbonyl (C=O) groups is 3. The van der Waals surface area contributed by atoms with Gasteiger partial charge in [-0.2, -0.15) is 0 Å². The molecule has 1 N–H and O–H groups in total. The van der Waals surface area contributed by atoms with Crippen molar-refractivity contribution in [1.82, 2.24) is 15.1 Å². The quantitative estimate of drug-likeness (QED) is 0.582. The topological polar surface area (TPSA) is 73.0 Å². The van der Waals surface area contributed by atoms with Gasteiger partial charge < -0.3 is 20.0 Å². The number of hydrogen-bond acceptors (Lipinski definition) is 4. The molecule has 0 radical (unpaired) electrons. The molecular formula is C27H34N4O3. The molecule has 0 saturated carbocycles. The van der Waals surface area contributed by atoms with Gasteiger partial charge in [-0.25, -0.2) is 0 Å². The van der Waals surface area contributed by atoms with Crippen molar-refractivity contribution in [3.63, 3.8) is 0 Å². The Morgan fingerprint density at radius 3 is 2.68 bits per heavy atom. The van der Waals surface area contributed by atoms with Crippen LogP contribution < -0.4 is 10.2 Å². The Bertz CT molecular complexity index is 1040. The van der Waals surface area contributed by atoms with Crippen LogP contribution in [0.1, 0.15) is 47.7 Å². The van der Waals surface area contributed by atoms with E-state index < -0.39 is 0 Å². The number of anilines is 1. The highest BCUT2D eigenvalue weighted by molar-refractivity contribution is 5.95. The minimum Gasteiger partial charge on any atom is -0.372 e. The predicted octanol–water partition coefficient (Wildman–Crippen LogP) is 2.97. The summed E-state index contributed by atoms with van der Waals surface area (Å²) >= 11 is 0. The second kappa shape index (κ2) is 10.7. The van der Waals surface area contributed by atoms with E-state index in [4.69, 9.17) is 0 Å². The monoisotopic (exact) mass is 462 g/mol. The first-order valence-electron chi connectivity index (χ1n) is 12.2. The third-order valence-electron chi connectivity index (χ3n) is 6.72. The molecule has 34 heavy (non-hydrogen) atoms. The molecule has 1 atom stereocenters. The van der Waals surface area contributed by atoms with Crippen molar-refractivity contribution in [2.75, 3.05) is 37.6 Å². The molecule has 2 aromatic carbocycles. The van der Waals surface area contributed by atoms with Gasteiger partial charge in [0.15, 0.2) is 0 Å². The number of nitrogens with one attached hydrogen (secondary N) is 1. The van der Waals surface area contributed by atoms with Crippen molar-refractivity contribution in [1.29, 1.82) is 0 Å². The molecule has 2 fully saturated rings. The summed E-state index contributed by atoms with van der Waals surface area (Å²) in [7, 11) is 0. The van der Waals surface area contributed by atoms with Crippen LogP contribution in [0, 0.1) is 6.92 Å². The smallest absolute Gasteiger partial charge is 0.251 e. The van der Waals surface area contributed by atoms with Crippen molar-refractivity contribution >= 4 is 23.4 Å². The largest absolute Gasteiger partial charge is 0.372 e. The maximum Gasteiger partial charge on any atom is 0.251 e. The van der Waals surface area contributed by atoms with Gasteiger partial charge in [0.25, 0.3) is 5.91 Å². The molecule has 0 unspecified atom stereocenters. The average Bonchev–Trinajstić information content (AvgIpc) is 3.34. The molecule has 4 rings (SSSR count). The summed E-state index contributed by atoms with van der Waals surface area (Å²) in [5, 5.41) is 3.00. The van der Waals surface area contributed by atoms with E-state index in [9.17, 15) is 14.4 Å². The minimum atomic E-state index is -0.291. The fourth-order valence-corrected chi connectivity index (χ4v) is 4.85. The summed E-state index contributed by atoms with van der Waals surface area (Å²) in [6.45, 7) is 7.84. The second-order valence-electron chi connectivity index (χ2n) is 9.16. The fraction of sp³-hybridized carbons (Fsp3) is 0.444. The molecule has 7 heteroatoms. The minimum absolute atomic E-state index is 0.0298. The Balaban J connectivity index is 1.24. The van der Waals surface area contributed by atoms with E-state index in [1.807, 2.05) is 12.1 Å². The number of amides is 3. The number of aryl methyl sites for hydroxylation is 1. The lowest BCUT2D eigenvalue weighted by molar-refractivity contribution is -0.154. The molecule has 0 aliphatic carbocycles. The third-order valence-corrected chi connectivity index (χ3v) is 6.72. The number of hydrogen-bond donors (Lipinski definition) is 1. The zero-order chi connectivity index (χ0) is 24.1. The molecule has 2 saturated heterocycles. The van der Waals surface area contributed by atoms with Gasteiger partial charge in [0.05, 0.1) is 0 Å². The summed E-state index contributed by atoms with van der Waals surface area (Å²) in [5.74, 6) is -0.0381. The number of piperazine rings is 1. The molecule has 2 heterocycles. The lowest BCUT2D eigenvalue weighted by Gasteiger charge is -2.36. The molecule has 2 aliphatic rings. The van der Waals surface area contributed by atoms with Crippen LogP contribution in [0.25, 0.3) is 0 Å². The maximum absolute atomic E-state index is 12.7. The van der Waals surface area contributed by atoms with Gasteiger partial charge in [-0.1, -0.05) is 24.3 Å². The van der Waals surface area contributed by atoms with Crippen LogP contribution in [0.3, 0.4) is 0 Å². The summed E-state index contributed by atoms with van der Waals surface area (Å²) < 4.78 is 0. The maximum atomic E-state index is 12.7. The molecule has 0 spiro atoms. The summed E-state index contributed by atoms with van der Waals surface area (Å²) in [5.41, 5.74) is 3.96. The van der Waals surface area contributed by atoms with E-state index in [2.05, 4.69) is 48.3 Å². The highest BCUT2D eigenvalue weighted by Crippen LogP contribution is 2.24. The van der Waals surface area contributed by atoms with Crippen molar-refractivity contribution in [3.8, 4) is 0 Å². The lowest BCUT2D eigenvalue weighted by atomic mass is 10.1. The SMILES string of the molecule is CCN(CCCNC(=O)c1ccc(CN2CC(=O)N3CCC[C@H]3C2=O)cc1)c1cccc(C)c1. The molecule has 180 valence electrons. The van der Waals surface area contributed by atoms with Gasteiger partial charge in [-0.05, 0) is 68.5 Å². The normalized spacial score (nSPS) is 17.6. The number of nitrogens with zero attached hydrogens (tertiary/aromatic N) is 3. The Hall–Kier alpha value is -3.35. The molecule has 7 nitrogen and oxygen atoms in total. The molecule has 2 aromatic rings. The van der Waals surface area contributed by atoms with Crippen molar-refractivity contribution in [3.05, 3.63) is 65.2 Å². The highest BCUT2D eigenvalue weighted by atomic mass is 16.2. The number of fused-ring (bicyclic) bond motifs is 1. The fourth-order valence-electron chi connectivity index (χ4n) is 4.85. The van der Waals surface area contributed by atoms with Gasteiger partial charge in [0, 0.05) is 44.0 Å². The van der Waals surface area contributed by atoms with Gasteiger partial charge >= 0.3 is 0 Å². The zero-order valence-electron chi connectivity index (χ0n) is 20.1. The lowest BCUT2D eigenvalue weighted by Crippen LogP contribution is -2.56. The second-order valence-corrected chi connectivity index (χ2v) is 9.16. The highest BCUT2D eigenvalue weighted by Gasteiger charge is 2.41. The first kappa shape index (κ1) is 23.8. The number of rotatable bonds is 9.